The Labute approximate surface area is 655 Å². The molecule has 0 heteroatoms. The monoisotopic (exact) mass is 1430 g/mol. The highest BCUT2D eigenvalue weighted by molar-refractivity contribution is 4.93. The second-order valence-corrected chi connectivity index (χ2v) is 33.8. The first-order valence-electron chi connectivity index (χ1n) is 46.7. The first-order chi connectivity index (χ1) is 51.2. The van der Waals surface area contributed by atoms with Gasteiger partial charge in [-0.2, -0.15) is 0 Å². The Morgan fingerprint density at radius 3 is 0.644 bits per heavy atom. The molecule has 0 heterocycles. The molecule has 0 aromatic carbocycles. The number of hydrogen-bond acceptors (Lipinski definition) is 0. The second-order valence-electron chi connectivity index (χ2n) is 33.8. The van der Waals surface area contributed by atoms with Gasteiger partial charge < -0.3 is 0 Å². The molecule has 0 aliphatic heterocycles. The van der Waals surface area contributed by atoms with Crippen LogP contribution < -0.4 is 0 Å². The molecule has 6 aliphatic rings. The van der Waals surface area contributed by atoms with Crippen LogP contribution in [0.25, 0.3) is 0 Å². The molecule has 0 atom stereocenters. The van der Waals surface area contributed by atoms with Crippen molar-refractivity contribution in [3.63, 3.8) is 0 Å². The highest BCUT2D eigenvalue weighted by Gasteiger charge is 2.25. The van der Waals surface area contributed by atoms with Crippen LogP contribution in [-0.4, -0.2) is 0 Å². The summed E-state index contributed by atoms with van der Waals surface area (Å²) in [5.41, 5.74) is 0. The van der Waals surface area contributed by atoms with Crippen LogP contribution in [0, 0.1) is 71.0 Å². The van der Waals surface area contributed by atoms with Crippen molar-refractivity contribution in [2.45, 2.75) is 442 Å². The van der Waals surface area contributed by atoms with E-state index in [0.717, 1.165) is 71.0 Å². The van der Waals surface area contributed by atoms with Gasteiger partial charge in [-0.3, -0.25) is 0 Å². The zero-order valence-electron chi connectivity index (χ0n) is 72.2. The Morgan fingerprint density at radius 2 is 0.413 bits per heavy atom. The van der Waals surface area contributed by atoms with Crippen molar-refractivity contribution in [2.24, 2.45) is 71.0 Å². The fraction of sp³-hybridized carbons (Fsp3) is 0.769. The molecule has 0 radical (unpaired) electrons. The Balaban J connectivity index is 0.000000626. The van der Waals surface area contributed by atoms with Crippen LogP contribution in [0.2, 0.25) is 0 Å². The summed E-state index contributed by atoms with van der Waals surface area (Å²) in [5.74, 6) is 12.1. The summed E-state index contributed by atoms with van der Waals surface area (Å²) >= 11 is 0. The normalized spacial score (nSPS) is 25.6. The zero-order valence-corrected chi connectivity index (χ0v) is 72.2. The van der Waals surface area contributed by atoms with Crippen molar-refractivity contribution >= 4 is 0 Å². The molecule has 6 saturated carbocycles. The summed E-state index contributed by atoms with van der Waals surface area (Å²) in [5, 5.41) is 0. The Bertz CT molecular complexity index is 2090. The summed E-state index contributed by atoms with van der Waals surface area (Å²) in [6.07, 6.45) is 133. The number of unbranched alkanes of at least 4 members (excludes halogenated alkanes) is 6. The average Bonchev–Trinajstić information content (AvgIpc) is 1.18. The van der Waals surface area contributed by atoms with E-state index >= 15 is 0 Å². The van der Waals surface area contributed by atoms with Crippen LogP contribution in [0.3, 0.4) is 0 Å². The lowest BCUT2D eigenvalue weighted by atomic mass is 9.78. The van der Waals surface area contributed by atoms with E-state index in [9.17, 15) is 0 Å². The van der Waals surface area contributed by atoms with Crippen LogP contribution >= 0.6 is 0 Å². The SMILES string of the molecule is C/C=C/CCC1CCC(/C=C/CC)CC1.C/C=C/CCC1CCC(CC/C=C/CC)CC1.C/C=C/CCC1CCC(CC/C=C/CCC)CC1.C/C=C/CCC1CCC(CC/C=C/CCCC)CC1.C/C=C/CCC1CCC(CC/C=C/CCCCC)CC1.C=CCCC1CCC(CC/C=C/C)CC1. The quantitative estimate of drug-likeness (QED) is 0.0421. The highest BCUT2D eigenvalue weighted by atomic mass is 14.3. The van der Waals surface area contributed by atoms with Crippen molar-refractivity contribution in [1.82, 2.24) is 0 Å². The van der Waals surface area contributed by atoms with Crippen molar-refractivity contribution in [1.29, 1.82) is 0 Å². The molecular weight excluding hydrogens is 1250 g/mol. The molecule has 600 valence electrons. The van der Waals surface area contributed by atoms with Crippen molar-refractivity contribution < 1.29 is 0 Å². The van der Waals surface area contributed by atoms with Crippen molar-refractivity contribution in [3.05, 3.63) is 146 Å². The summed E-state index contributed by atoms with van der Waals surface area (Å²) in [4.78, 5) is 0. The topological polar surface area (TPSA) is 0 Å². The smallest absolute Gasteiger partial charge is 0.0233 e. The maximum absolute atomic E-state index is 3.80. The summed E-state index contributed by atoms with van der Waals surface area (Å²) in [6, 6.07) is 0. The lowest BCUT2D eigenvalue weighted by molar-refractivity contribution is 0.255. The summed E-state index contributed by atoms with van der Waals surface area (Å²) in [7, 11) is 0. The summed E-state index contributed by atoms with van der Waals surface area (Å²) < 4.78 is 0. The van der Waals surface area contributed by atoms with E-state index in [-0.39, 0.29) is 0 Å². The minimum atomic E-state index is 0.892. The maximum atomic E-state index is 3.80. The molecule has 0 spiro atoms. The standard InChI is InChI=1S/C20H36.C19H34.C18H32.C17H30.2C15H26/c1-3-5-7-8-9-10-12-14-20-17-15-19(16-18-20)13-11-6-4-2;1-3-5-7-8-9-11-13-19-16-14-18(15-17-19)12-10-6-4-2;1-3-5-7-8-10-12-18-15-13-17(14-16-18)11-9-6-4-2;1-3-5-7-9-11-17-14-12-16(13-15-17)10-8-6-4-2;2*1-3-5-7-9-15-12-10-14(11-13-15)8-6-4-2/h4,6,9-10,19-20H,3,5,7-8,11-18H2,1-2H3;4,6,8-9,18-19H,3,5,7,10-17H2,1-2H3;4,6-8,17-18H,3,5,9-16H2,1-2H3;4-7,16-17H,3,8-15H2,1-2H3;3,5-6,8,14-15H,4,7,9-13H2,1-2H3;3-5,14-15H,2,6-13H2,1H3/b6-4+,10-9+;6-4+,9-8+;6-4+,8-7+;6-4+,7-5+;5-3+,8-6+;5-3+. The van der Waals surface area contributed by atoms with E-state index in [1.165, 1.54) is 366 Å². The molecule has 0 saturated heterocycles. The van der Waals surface area contributed by atoms with Gasteiger partial charge in [0.05, 0.1) is 0 Å². The van der Waals surface area contributed by atoms with Gasteiger partial charge in [-0.15, -0.1) is 6.58 Å². The molecule has 0 bridgehead atoms. The van der Waals surface area contributed by atoms with Gasteiger partial charge in [-0.05, 0) is 318 Å². The maximum Gasteiger partial charge on any atom is -0.0233 e. The average molecular weight is 1430 g/mol. The lowest BCUT2D eigenvalue weighted by Crippen LogP contribution is -2.14. The van der Waals surface area contributed by atoms with Crippen LogP contribution in [-0.2, 0) is 0 Å². The van der Waals surface area contributed by atoms with Crippen LogP contribution in [0.15, 0.2) is 146 Å². The fourth-order valence-electron chi connectivity index (χ4n) is 17.7. The minimum Gasteiger partial charge on any atom is -0.103 e. The molecule has 6 rings (SSSR count). The molecule has 0 amide bonds. The number of rotatable bonds is 45. The third kappa shape index (κ3) is 60.7. The van der Waals surface area contributed by atoms with Gasteiger partial charge in [0.25, 0.3) is 0 Å². The van der Waals surface area contributed by atoms with Gasteiger partial charge in [-0.25, -0.2) is 0 Å². The molecule has 0 aromatic heterocycles. The molecular formula is C104H184. The molecule has 0 aromatic rings. The fourth-order valence-corrected chi connectivity index (χ4v) is 17.7. The third-order valence-electron chi connectivity index (χ3n) is 25.0. The Hall–Kier alpha value is -3.12. The van der Waals surface area contributed by atoms with Gasteiger partial charge in [0.2, 0.25) is 0 Å². The highest BCUT2D eigenvalue weighted by Crippen LogP contribution is 2.39. The Kier molecular flexibility index (Phi) is 72.9. The third-order valence-corrected chi connectivity index (χ3v) is 25.0. The minimum absolute atomic E-state index is 0.892. The van der Waals surface area contributed by atoms with Gasteiger partial charge in [0.15, 0.2) is 0 Å². The van der Waals surface area contributed by atoms with Crippen molar-refractivity contribution in [2.75, 3.05) is 0 Å². The zero-order chi connectivity index (χ0) is 75.5. The first kappa shape index (κ1) is 98.9. The Morgan fingerprint density at radius 1 is 0.202 bits per heavy atom. The van der Waals surface area contributed by atoms with Gasteiger partial charge in [0.1, 0.15) is 0 Å². The van der Waals surface area contributed by atoms with Gasteiger partial charge in [-0.1, -0.05) is 335 Å². The van der Waals surface area contributed by atoms with E-state index < -0.39 is 0 Å². The molecule has 104 heavy (non-hydrogen) atoms. The first-order valence-corrected chi connectivity index (χ1v) is 46.7. The van der Waals surface area contributed by atoms with E-state index in [4.69, 9.17) is 0 Å². The van der Waals surface area contributed by atoms with Crippen LogP contribution in [0.1, 0.15) is 442 Å². The predicted molar refractivity (Wildman–Crippen MR) is 478 cm³/mol. The van der Waals surface area contributed by atoms with E-state index in [1.807, 2.05) is 0 Å². The van der Waals surface area contributed by atoms with E-state index in [0.29, 0.717) is 0 Å². The van der Waals surface area contributed by atoms with Gasteiger partial charge in [0, 0.05) is 0 Å². The predicted octanol–water partition coefficient (Wildman–Crippen LogP) is 36.2. The van der Waals surface area contributed by atoms with Crippen LogP contribution in [0.5, 0.6) is 0 Å². The number of hydrogen-bond donors (Lipinski definition) is 0. The largest absolute Gasteiger partial charge is 0.103 e. The molecule has 0 N–H and O–H groups in total. The van der Waals surface area contributed by atoms with Crippen molar-refractivity contribution in [3.8, 4) is 0 Å². The van der Waals surface area contributed by atoms with Gasteiger partial charge >= 0.3 is 0 Å². The number of allylic oxidation sites excluding steroid dienone is 23. The lowest BCUT2D eigenvalue weighted by Gasteiger charge is -2.28. The molecule has 0 unspecified atom stereocenters. The summed E-state index contributed by atoms with van der Waals surface area (Å²) in [6.45, 7) is 27.8. The molecule has 6 fully saturated rings. The molecule has 0 nitrogen and oxygen atoms in total. The second kappa shape index (κ2) is 76.6. The van der Waals surface area contributed by atoms with E-state index in [1.54, 1.807) is 0 Å². The molecule has 6 aliphatic carbocycles. The van der Waals surface area contributed by atoms with Crippen LogP contribution in [0.4, 0.5) is 0 Å². The van der Waals surface area contributed by atoms with E-state index in [2.05, 4.69) is 222 Å².